The van der Waals surface area contributed by atoms with Crippen molar-refractivity contribution >= 4 is 46.6 Å². The lowest BCUT2D eigenvalue weighted by molar-refractivity contribution is -0.121. The van der Waals surface area contributed by atoms with Crippen LogP contribution in [0.3, 0.4) is 0 Å². The van der Waals surface area contributed by atoms with Gasteiger partial charge in [-0.15, -0.1) is 5.53 Å². The number of ether oxygens (including phenoxy) is 1. The van der Waals surface area contributed by atoms with Crippen LogP contribution in [0, 0.1) is 0 Å². The smallest absolute Gasteiger partial charge is 0.406 e. The monoisotopic (exact) mass is 626 g/mol. The molecular formula is C29H32Cl2N8O4. The minimum Gasteiger partial charge on any atom is -0.453 e. The summed E-state index contributed by atoms with van der Waals surface area (Å²) >= 11 is 12.4. The van der Waals surface area contributed by atoms with Crippen LogP contribution in [0.5, 0.6) is 0 Å². The number of aromatic nitrogens is 2. The number of alkyl carbamates (subject to hydrolysis) is 1. The first-order chi connectivity index (χ1) is 20.8. The zero-order valence-corrected chi connectivity index (χ0v) is 24.9. The van der Waals surface area contributed by atoms with Crippen LogP contribution in [-0.2, 0) is 9.53 Å². The van der Waals surface area contributed by atoms with E-state index < -0.39 is 12.1 Å². The number of carbonyl (C=O) groups is 2. The predicted molar refractivity (Wildman–Crippen MR) is 166 cm³/mol. The average Bonchev–Trinajstić information content (AvgIpc) is 3.44. The maximum atomic E-state index is 13.7. The summed E-state index contributed by atoms with van der Waals surface area (Å²) in [7, 11) is 1.27. The summed E-state index contributed by atoms with van der Waals surface area (Å²) in [6.45, 7) is 0.533. The van der Waals surface area contributed by atoms with Crippen LogP contribution in [0.25, 0.3) is 11.3 Å². The third-order valence-electron chi connectivity index (χ3n) is 7.22. The molecular weight excluding hydrogens is 595 g/mol. The molecule has 1 aromatic heterocycles. The largest absolute Gasteiger partial charge is 0.453 e. The number of anilines is 2. The van der Waals surface area contributed by atoms with Gasteiger partial charge in [0.25, 0.3) is 5.56 Å². The van der Waals surface area contributed by atoms with Gasteiger partial charge in [0.1, 0.15) is 11.2 Å². The quantitative estimate of drug-likeness (QED) is 0.267. The summed E-state index contributed by atoms with van der Waals surface area (Å²) in [5.41, 5.74) is 8.91. The summed E-state index contributed by atoms with van der Waals surface area (Å²) < 4.78 is 6.29. The fourth-order valence-corrected chi connectivity index (χ4v) is 5.39. The second kappa shape index (κ2) is 13.8. The molecule has 14 heteroatoms. The Morgan fingerprint density at radius 2 is 1.98 bits per heavy atom. The molecule has 0 radical (unpaired) electrons. The van der Waals surface area contributed by atoms with Crippen molar-refractivity contribution < 1.29 is 14.3 Å². The fraction of sp³-hybridized carbons (Fsp3) is 0.310. The minimum atomic E-state index is -0.728. The van der Waals surface area contributed by atoms with Crippen molar-refractivity contribution in [3.05, 3.63) is 87.2 Å². The normalized spacial score (nSPS) is 19.0. The summed E-state index contributed by atoms with van der Waals surface area (Å²) in [6, 6.07) is 13.4. The van der Waals surface area contributed by atoms with E-state index in [4.69, 9.17) is 23.2 Å². The number of halogens is 2. The van der Waals surface area contributed by atoms with Gasteiger partial charge in [0, 0.05) is 28.9 Å². The average molecular weight is 628 g/mol. The molecule has 2 aromatic carbocycles. The fourth-order valence-electron chi connectivity index (χ4n) is 5.08. The number of benzene rings is 2. The molecule has 0 saturated carbocycles. The minimum absolute atomic E-state index is 0.0352. The summed E-state index contributed by atoms with van der Waals surface area (Å²) in [6.07, 6.45) is 5.77. The Labute approximate surface area is 258 Å². The zero-order chi connectivity index (χ0) is 30.3. The second-order valence-electron chi connectivity index (χ2n) is 10.1. The molecule has 2 amide bonds. The van der Waals surface area contributed by atoms with Crippen molar-refractivity contribution in [2.24, 2.45) is 0 Å². The van der Waals surface area contributed by atoms with Crippen LogP contribution >= 0.6 is 23.2 Å². The Hall–Kier alpha value is -4.26. The van der Waals surface area contributed by atoms with E-state index in [0.29, 0.717) is 45.8 Å². The molecule has 0 fully saturated rings. The van der Waals surface area contributed by atoms with Crippen LogP contribution in [-0.4, -0.2) is 47.8 Å². The van der Waals surface area contributed by atoms with Crippen LogP contribution in [0.2, 0.25) is 5.02 Å². The van der Waals surface area contributed by atoms with E-state index in [-0.39, 0.29) is 24.1 Å². The summed E-state index contributed by atoms with van der Waals surface area (Å²) in [5, 5.41) is 11.3. The molecule has 226 valence electrons. The van der Waals surface area contributed by atoms with Crippen molar-refractivity contribution in [2.45, 2.75) is 37.8 Å². The number of carbonyl (C=O) groups excluding carboxylic acids is 2. The number of hydrogen-bond acceptors (Lipinski definition) is 9. The molecule has 5 N–H and O–H groups in total. The Kier molecular flexibility index (Phi) is 9.70. The summed E-state index contributed by atoms with van der Waals surface area (Å²) in [4.78, 5) is 42.9. The van der Waals surface area contributed by atoms with Crippen LogP contribution in [0.15, 0.2) is 71.0 Å². The van der Waals surface area contributed by atoms with Crippen LogP contribution in [0.4, 0.5) is 16.2 Å². The maximum absolute atomic E-state index is 13.7. The third-order valence-corrected chi connectivity index (χ3v) is 7.65. The number of fused-ring (bicyclic) bond motifs is 2. The van der Waals surface area contributed by atoms with Gasteiger partial charge < -0.3 is 20.7 Å². The van der Waals surface area contributed by atoms with Crippen molar-refractivity contribution in [1.29, 1.82) is 0 Å². The number of hydrazine groups is 2. The van der Waals surface area contributed by atoms with Gasteiger partial charge in [-0.25, -0.2) is 9.78 Å². The summed E-state index contributed by atoms with van der Waals surface area (Å²) in [5.74, 6) is -0.230. The van der Waals surface area contributed by atoms with Crippen LogP contribution in [0.1, 0.15) is 37.3 Å². The van der Waals surface area contributed by atoms with E-state index in [2.05, 4.69) is 36.6 Å². The van der Waals surface area contributed by atoms with Gasteiger partial charge in [-0.1, -0.05) is 48.2 Å². The Morgan fingerprint density at radius 3 is 2.74 bits per heavy atom. The standard InChI is InChI=1S/C29H32Cl2N8O4/c1-43-29(42)33-15-23-28(41)32-11-4-2-3-8-24(18-6-5-7-20(12-18)35-23)38-17-34-22(14-27(38)40)21-13-19(30)9-10-25(21)39-16-26(31)36-37-39/h5-7,9-10,12-14,16-17,23-24,35-37H,2-4,8,11,15H2,1H3,(H,32,41)(H,33,42)/t23-,24+/m1/s1. The lowest BCUT2D eigenvalue weighted by atomic mass is 9.99. The molecule has 0 aliphatic carbocycles. The SMILES string of the molecule is COC(=O)NC[C@H]1Nc2cccc(c2)[C@@H](n2cnc(-c3cc(Cl)ccc3N3C=C(Cl)NN3)cc2=O)CCCCCNC1=O. The van der Waals surface area contributed by atoms with Crippen molar-refractivity contribution in [3.63, 3.8) is 0 Å². The van der Waals surface area contributed by atoms with Crippen molar-refractivity contribution in [1.82, 2.24) is 31.1 Å². The number of rotatable bonds is 5. The van der Waals surface area contributed by atoms with E-state index in [9.17, 15) is 14.4 Å². The zero-order valence-electron chi connectivity index (χ0n) is 23.4. The van der Waals surface area contributed by atoms with E-state index in [1.54, 1.807) is 34.2 Å². The van der Waals surface area contributed by atoms with Gasteiger partial charge in [-0.2, -0.15) is 0 Å². The molecule has 2 atom stereocenters. The Morgan fingerprint density at radius 1 is 1.12 bits per heavy atom. The highest BCUT2D eigenvalue weighted by Crippen LogP contribution is 2.33. The lowest BCUT2D eigenvalue weighted by Crippen LogP contribution is -2.47. The third kappa shape index (κ3) is 7.39. The van der Waals surface area contributed by atoms with Gasteiger partial charge in [0.15, 0.2) is 0 Å². The van der Waals surface area contributed by atoms with E-state index >= 15 is 0 Å². The molecule has 12 nitrogen and oxygen atoms in total. The topological polar surface area (TPSA) is 142 Å². The highest BCUT2D eigenvalue weighted by atomic mass is 35.5. The number of amides is 2. The molecule has 3 heterocycles. The molecule has 0 unspecified atom stereocenters. The van der Waals surface area contributed by atoms with Gasteiger partial charge >= 0.3 is 6.09 Å². The molecule has 0 spiro atoms. The Balaban J connectivity index is 1.47. The molecule has 43 heavy (non-hydrogen) atoms. The maximum Gasteiger partial charge on any atom is 0.406 e. The number of nitrogens with zero attached hydrogens (tertiary/aromatic N) is 3. The van der Waals surface area contributed by atoms with E-state index in [1.807, 2.05) is 30.3 Å². The predicted octanol–water partition coefficient (Wildman–Crippen LogP) is 3.85. The number of hydrogen-bond donors (Lipinski definition) is 5. The molecule has 2 aliphatic rings. The Bertz CT molecular complexity index is 1580. The van der Waals surface area contributed by atoms with Crippen molar-refractivity contribution in [3.8, 4) is 11.3 Å². The molecule has 0 saturated heterocycles. The van der Waals surface area contributed by atoms with E-state index in [0.717, 1.165) is 24.8 Å². The first kappa shape index (κ1) is 30.2. The van der Waals surface area contributed by atoms with Gasteiger partial charge in [0.05, 0.1) is 43.6 Å². The van der Waals surface area contributed by atoms with Gasteiger partial charge in [0.2, 0.25) is 5.91 Å². The first-order valence-electron chi connectivity index (χ1n) is 13.8. The van der Waals surface area contributed by atoms with Crippen LogP contribution < -0.4 is 37.5 Å². The molecule has 5 rings (SSSR count). The first-order valence-corrected chi connectivity index (χ1v) is 14.6. The highest BCUT2D eigenvalue weighted by Gasteiger charge is 2.23. The molecule has 2 bridgehead atoms. The number of methoxy groups -OCH3 is 1. The number of nitrogens with one attached hydrogen (secondary N) is 5. The van der Waals surface area contributed by atoms with Crippen molar-refractivity contribution in [2.75, 3.05) is 30.5 Å². The highest BCUT2D eigenvalue weighted by molar-refractivity contribution is 6.31. The second-order valence-corrected chi connectivity index (χ2v) is 11.0. The van der Waals surface area contributed by atoms with Gasteiger partial charge in [-0.3, -0.25) is 24.6 Å². The molecule has 3 aromatic rings. The van der Waals surface area contributed by atoms with E-state index in [1.165, 1.54) is 13.2 Å². The molecule has 2 aliphatic heterocycles. The van der Waals surface area contributed by atoms with Gasteiger partial charge in [-0.05, 0) is 48.7 Å². The lowest BCUT2D eigenvalue weighted by Gasteiger charge is -2.23.